The average Bonchev–Trinajstić information content (AvgIpc) is 2.56. The maximum absolute atomic E-state index is 5.99. The second kappa shape index (κ2) is 4.98. The number of aliphatic imine (C=N–C) groups is 1. The van der Waals surface area contributed by atoms with Crippen LogP contribution >= 0.6 is 0 Å². The largest absolute Gasteiger partial charge is 0.494 e. The molecule has 0 spiro atoms. The van der Waals surface area contributed by atoms with Crippen LogP contribution in [0.15, 0.2) is 29.3 Å². The molecule has 4 nitrogen and oxygen atoms in total. The van der Waals surface area contributed by atoms with Crippen LogP contribution in [0, 0.1) is 0 Å². The number of benzene rings is 1. The van der Waals surface area contributed by atoms with E-state index in [9.17, 15) is 0 Å². The minimum Gasteiger partial charge on any atom is -0.486 e. The summed E-state index contributed by atoms with van der Waals surface area (Å²) in [7, 11) is 1.24. The second-order valence-electron chi connectivity index (χ2n) is 5.65. The lowest BCUT2D eigenvalue weighted by Gasteiger charge is -2.32. The zero-order valence-corrected chi connectivity index (χ0v) is 12.1. The number of rotatable bonds is 3. The molecular weight excluding hydrogens is 241 g/mol. The van der Waals surface area contributed by atoms with E-state index in [0.29, 0.717) is 0 Å². The van der Waals surface area contributed by atoms with Crippen molar-refractivity contribution in [1.29, 1.82) is 0 Å². The SMILES string of the molecule is COC=Nc1ccc(B2OC(C)(C)C(C)(C)O2)cc1. The Morgan fingerprint density at radius 1 is 1.05 bits per heavy atom. The second-order valence-corrected chi connectivity index (χ2v) is 5.65. The first-order valence-corrected chi connectivity index (χ1v) is 6.37. The summed E-state index contributed by atoms with van der Waals surface area (Å²) in [6.07, 6.45) is 1.41. The predicted octanol–water partition coefficient (Wildman–Crippen LogP) is 2.29. The molecular formula is C14H20BNO3. The highest BCUT2D eigenvalue weighted by atomic mass is 16.7. The summed E-state index contributed by atoms with van der Waals surface area (Å²) in [5.74, 6) is 0. The van der Waals surface area contributed by atoms with Crippen molar-refractivity contribution in [3.8, 4) is 0 Å². The molecule has 5 heteroatoms. The van der Waals surface area contributed by atoms with Crippen molar-refractivity contribution in [2.75, 3.05) is 7.11 Å². The van der Waals surface area contributed by atoms with Crippen molar-refractivity contribution >= 4 is 24.7 Å². The first-order valence-electron chi connectivity index (χ1n) is 6.37. The van der Waals surface area contributed by atoms with Crippen LogP contribution in [0.4, 0.5) is 5.69 Å². The predicted molar refractivity (Wildman–Crippen MR) is 77.3 cm³/mol. The minimum atomic E-state index is -0.328. The first-order chi connectivity index (χ1) is 8.86. The van der Waals surface area contributed by atoms with E-state index in [1.165, 1.54) is 6.40 Å². The molecule has 102 valence electrons. The third kappa shape index (κ3) is 2.82. The molecule has 0 radical (unpaired) electrons. The van der Waals surface area contributed by atoms with Crippen LogP contribution in [0.3, 0.4) is 0 Å². The maximum Gasteiger partial charge on any atom is 0.494 e. The van der Waals surface area contributed by atoms with Crippen LogP contribution in [0.1, 0.15) is 27.7 Å². The van der Waals surface area contributed by atoms with E-state index in [1.54, 1.807) is 7.11 Å². The molecule has 1 aliphatic heterocycles. The standard InChI is InChI=1S/C14H20BNO3/c1-13(2)14(3,4)19-15(18-13)11-6-8-12(9-7-11)16-10-17-5/h6-10H,1-5H3. The lowest BCUT2D eigenvalue weighted by atomic mass is 9.79. The normalized spacial score (nSPS) is 21.0. The van der Waals surface area contributed by atoms with Gasteiger partial charge in [0.05, 0.1) is 24.0 Å². The molecule has 1 aromatic carbocycles. The van der Waals surface area contributed by atoms with Gasteiger partial charge in [-0.05, 0) is 45.3 Å². The van der Waals surface area contributed by atoms with Gasteiger partial charge in [-0.15, -0.1) is 0 Å². The molecule has 19 heavy (non-hydrogen) atoms. The van der Waals surface area contributed by atoms with E-state index in [4.69, 9.17) is 14.0 Å². The highest BCUT2D eigenvalue weighted by Crippen LogP contribution is 2.36. The van der Waals surface area contributed by atoms with Crippen LogP contribution in [-0.4, -0.2) is 31.8 Å². The summed E-state index contributed by atoms with van der Waals surface area (Å²) in [4.78, 5) is 4.12. The van der Waals surface area contributed by atoms with Gasteiger partial charge in [-0.3, -0.25) is 0 Å². The van der Waals surface area contributed by atoms with Gasteiger partial charge in [0, 0.05) is 0 Å². The van der Waals surface area contributed by atoms with Gasteiger partial charge in [-0.2, -0.15) is 0 Å². The fraction of sp³-hybridized carbons (Fsp3) is 0.500. The fourth-order valence-electron chi connectivity index (χ4n) is 1.81. The van der Waals surface area contributed by atoms with Crippen LogP contribution in [0.2, 0.25) is 0 Å². The van der Waals surface area contributed by atoms with Crippen LogP contribution in [0.5, 0.6) is 0 Å². The zero-order chi connectivity index (χ0) is 14.1. The molecule has 0 atom stereocenters. The Kier molecular flexibility index (Phi) is 3.70. The van der Waals surface area contributed by atoms with E-state index < -0.39 is 0 Å². The zero-order valence-electron chi connectivity index (χ0n) is 12.1. The Morgan fingerprint density at radius 3 is 2.05 bits per heavy atom. The summed E-state index contributed by atoms with van der Waals surface area (Å²) < 4.78 is 16.8. The van der Waals surface area contributed by atoms with Crippen molar-refractivity contribution in [2.24, 2.45) is 4.99 Å². The first kappa shape index (κ1) is 14.1. The molecule has 0 amide bonds. The van der Waals surface area contributed by atoms with E-state index in [2.05, 4.69) is 4.99 Å². The molecule has 1 saturated heterocycles. The monoisotopic (exact) mass is 261 g/mol. The van der Waals surface area contributed by atoms with Gasteiger partial charge in [-0.25, -0.2) is 4.99 Å². The summed E-state index contributed by atoms with van der Waals surface area (Å²) in [5, 5.41) is 0. The molecule has 0 aromatic heterocycles. The summed E-state index contributed by atoms with van der Waals surface area (Å²) in [6.45, 7) is 8.18. The summed E-state index contributed by atoms with van der Waals surface area (Å²) in [6, 6.07) is 7.75. The molecule has 1 fully saturated rings. The smallest absolute Gasteiger partial charge is 0.486 e. The van der Waals surface area contributed by atoms with Crippen LogP contribution in [0.25, 0.3) is 0 Å². The minimum absolute atomic E-state index is 0.315. The van der Waals surface area contributed by atoms with Gasteiger partial charge in [0.2, 0.25) is 0 Å². The number of methoxy groups -OCH3 is 1. The van der Waals surface area contributed by atoms with Crippen molar-refractivity contribution in [3.05, 3.63) is 24.3 Å². The molecule has 0 aliphatic carbocycles. The Bertz CT molecular complexity index is 452. The highest BCUT2D eigenvalue weighted by Gasteiger charge is 2.51. The average molecular weight is 261 g/mol. The number of hydrogen-bond donors (Lipinski definition) is 0. The van der Waals surface area contributed by atoms with Gasteiger partial charge < -0.3 is 14.0 Å². The topological polar surface area (TPSA) is 40.0 Å². The maximum atomic E-state index is 5.99. The molecule has 2 rings (SSSR count). The van der Waals surface area contributed by atoms with E-state index in [-0.39, 0.29) is 18.3 Å². The Balaban J connectivity index is 2.14. The molecule has 1 aromatic rings. The molecule has 1 heterocycles. The number of ether oxygens (including phenoxy) is 1. The van der Waals surface area contributed by atoms with Crippen molar-refractivity contribution in [3.63, 3.8) is 0 Å². The Labute approximate surface area is 114 Å². The third-order valence-corrected chi connectivity index (χ3v) is 3.73. The van der Waals surface area contributed by atoms with Crippen molar-refractivity contribution in [2.45, 2.75) is 38.9 Å². The van der Waals surface area contributed by atoms with Gasteiger partial charge in [0.25, 0.3) is 0 Å². The Hall–Kier alpha value is -1.33. The van der Waals surface area contributed by atoms with Gasteiger partial charge >= 0.3 is 7.12 Å². The molecule has 0 bridgehead atoms. The summed E-state index contributed by atoms with van der Waals surface area (Å²) >= 11 is 0. The van der Waals surface area contributed by atoms with E-state index in [0.717, 1.165) is 11.2 Å². The molecule has 0 saturated carbocycles. The highest BCUT2D eigenvalue weighted by molar-refractivity contribution is 6.62. The van der Waals surface area contributed by atoms with Crippen LogP contribution < -0.4 is 5.46 Å². The molecule has 0 unspecified atom stereocenters. The third-order valence-electron chi connectivity index (χ3n) is 3.73. The van der Waals surface area contributed by atoms with Gasteiger partial charge in [0.15, 0.2) is 6.40 Å². The van der Waals surface area contributed by atoms with E-state index >= 15 is 0 Å². The molecule has 1 aliphatic rings. The van der Waals surface area contributed by atoms with Crippen LogP contribution in [-0.2, 0) is 14.0 Å². The lowest BCUT2D eigenvalue weighted by Crippen LogP contribution is -2.41. The van der Waals surface area contributed by atoms with Crippen molar-refractivity contribution < 1.29 is 14.0 Å². The number of nitrogens with zero attached hydrogens (tertiary/aromatic N) is 1. The quantitative estimate of drug-likeness (QED) is 0.476. The number of hydrogen-bond acceptors (Lipinski definition) is 4. The van der Waals surface area contributed by atoms with Crippen molar-refractivity contribution in [1.82, 2.24) is 0 Å². The van der Waals surface area contributed by atoms with E-state index in [1.807, 2.05) is 52.0 Å². The molecule has 0 N–H and O–H groups in total. The van der Waals surface area contributed by atoms with Gasteiger partial charge in [0.1, 0.15) is 0 Å². The Morgan fingerprint density at radius 2 is 1.58 bits per heavy atom. The van der Waals surface area contributed by atoms with Gasteiger partial charge in [-0.1, -0.05) is 12.1 Å². The lowest BCUT2D eigenvalue weighted by molar-refractivity contribution is 0.00578. The fourth-order valence-corrected chi connectivity index (χ4v) is 1.81. The summed E-state index contributed by atoms with van der Waals surface area (Å²) in [5.41, 5.74) is 1.20.